The van der Waals surface area contributed by atoms with Crippen molar-refractivity contribution in [3.63, 3.8) is 0 Å². The van der Waals surface area contributed by atoms with Gasteiger partial charge in [-0.1, -0.05) is 6.07 Å². The Balaban J connectivity index is 1.42. The highest BCUT2D eigenvalue weighted by Gasteiger charge is 2.33. The van der Waals surface area contributed by atoms with Crippen LogP contribution < -0.4 is 14.2 Å². The number of benzene rings is 2. The second-order valence-corrected chi connectivity index (χ2v) is 11.4. The molecule has 2 aliphatic rings. The Labute approximate surface area is 213 Å². The van der Waals surface area contributed by atoms with E-state index in [0.29, 0.717) is 16.7 Å². The summed E-state index contributed by atoms with van der Waals surface area (Å²) < 4.78 is 36.8. The molecule has 0 unspecified atom stereocenters. The van der Waals surface area contributed by atoms with Gasteiger partial charge in [0.2, 0.25) is 0 Å². The van der Waals surface area contributed by atoms with E-state index in [0.717, 1.165) is 36.2 Å². The molecular formula is C26H25N3O5S2. The van der Waals surface area contributed by atoms with Gasteiger partial charge in [0.25, 0.3) is 5.91 Å². The normalized spacial score (nSPS) is 15.9. The number of methoxy groups -OCH3 is 1. The Morgan fingerprint density at radius 2 is 1.94 bits per heavy atom. The lowest BCUT2D eigenvalue weighted by Crippen LogP contribution is -2.18. The minimum Gasteiger partial charge on any atom is -0.493 e. The fraction of sp³-hybridized carbons (Fsp3) is 0.269. The van der Waals surface area contributed by atoms with Gasteiger partial charge in [-0.25, -0.2) is 0 Å². The summed E-state index contributed by atoms with van der Waals surface area (Å²) in [6, 6.07) is 11.5. The molecule has 6 rings (SSSR count). The highest BCUT2D eigenvalue weighted by atomic mass is 32.2. The number of nitrogens with zero attached hydrogens (tertiary/aromatic N) is 1. The molecule has 8 nitrogen and oxygen atoms in total. The fourth-order valence-corrected chi connectivity index (χ4v) is 6.98. The number of rotatable bonds is 7. The third-order valence-electron chi connectivity index (χ3n) is 6.77. The van der Waals surface area contributed by atoms with Crippen LogP contribution in [-0.4, -0.2) is 44.4 Å². The molecule has 0 radical (unpaired) electrons. The number of thiophene rings is 1. The molecule has 186 valence electrons. The number of ether oxygens (including phenoxy) is 1. The van der Waals surface area contributed by atoms with Gasteiger partial charge in [-0.15, -0.1) is 0 Å². The van der Waals surface area contributed by atoms with Crippen molar-refractivity contribution in [1.29, 1.82) is 0 Å². The molecule has 0 spiro atoms. The average Bonchev–Trinajstić information content (AvgIpc) is 3.66. The molecule has 1 amide bonds. The van der Waals surface area contributed by atoms with Crippen LogP contribution in [0.3, 0.4) is 0 Å². The zero-order valence-electron chi connectivity index (χ0n) is 19.7. The first-order valence-corrected chi connectivity index (χ1v) is 14.1. The van der Waals surface area contributed by atoms with Crippen molar-refractivity contribution in [2.75, 3.05) is 20.2 Å². The smallest absolute Gasteiger partial charge is 0.340 e. The summed E-state index contributed by atoms with van der Waals surface area (Å²) in [6.07, 6.45) is 2.50. The third kappa shape index (κ3) is 4.04. The van der Waals surface area contributed by atoms with Gasteiger partial charge in [0.15, 0.2) is 11.5 Å². The van der Waals surface area contributed by atoms with Gasteiger partial charge >= 0.3 is 10.1 Å². The summed E-state index contributed by atoms with van der Waals surface area (Å²) in [6.45, 7) is 3.34. The van der Waals surface area contributed by atoms with Gasteiger partial charge < -0.3 is 19.2 Å². The summed E-state index contributed by atoms with van der Waals surface area (Å²) in [5, 5.41) is 7.02. The van der Waals surface area contributed by atoms with Crippen molar-refractivity contribution in [2.45, 2.75) is 30.8 Å². The van der Waals surface area contributed by atoms with Crippen LogP contribution in [0.25, 0.3) is 22.2 Å². The Bertz CT molecular complexity index is 1570. The number of carbonyl (C=O) groups excluding carboxylic acids is 1. The number of nitrogens with one attached hydrogen (secondary N) is 2. The van der Waals surface area contributed by atoms with E-state index in [1.807, 2.05) is 6.07 Å². The van der Waals surface area contributed by atoms with E-state index in [1.54, 1.807) is 11.4 Å². The van der Waals surface area contributed by atoms with E-state index in [9.17, 15) is 13.2 Å². The van der Waals surface area contributed by atoms with Crippen molar-refractivity contribution in [1.82, 2.24) is 15.2 Å². The minimum absolute atomic E-state index is 0.0322. The van der Waals surface area contributed by atoms with E-state index in [2.05, 4.69) is 33.4 Å². The Hall–Kier alpha value is -3.34. The summed E-state index contributed by atoms with van der Waals surface area (Å²) in [4.78, 5) is 18.8. The topological polar surface area (TPSA) is 101 Å². The SMILES string of the molecule is COc1cc(-c2cc3cc(CN4CCCC4)ccc3[nH]2)c2c(c1OS(=O)(=O)c1ccsc1)CNC2=O. The van der Waals surface area contributed by atoms with Crippen LogP contribution in [0.1, 0.15) is 34.3 Å². The quantitative estimate of drug-likeness (QED) is 0.346. The largest absolute Gasteiger partial charge is 0.493 e. The standard InChI is InChI=1S/C26H25N3O5S2/c1-33-23-12-19(22-11-17-10-16(4-5-21(17)28-22)14-29-7-2-3-8-29)24-20(13-27-26(24)30)25(23)34-36(31,32)18-6-9-35-15-18/h4-6,9-12,15,28H,2-3,7-8,13-14H2,1H3,(H,27,30). The number of hydrogen-bond donors (Lipinski definition) is 2. The number of hydrogen-bond acceptors (Lipinski definition) is 7. The number of fused-ring (bicyclic) bond motifs is 2. The molecule has 2 aromatic heterocycles. The van der Waals surface area contributed by atoms with Gasteiger partial charge in [-0.05, 0) is 67.2 Å². The van der Waals surface area contributed by atoms with Crippen LogP contribution >= 0.6 is 11.3 Å². The van der Waals surface area contributed by atoms with Gasteiger partial charge in [-0.2, -0.15) is 19.8 Å². The van der Waals surface area contributed by atoms with Crippen LogP contribution in [0, 0.1) is 0 Å². The molecule has 0 atom stereocenters. The maximum absolute atomic E-state index is 12.9. The summed E-state index contributed by atoms with van der Waals surface area (Å²) in [5.74, 6) is -0.00828. The fourth-order valence-electron chi connectivity index (χ4n) is 5.01. The molecule has 1 fully saturated rings. The van der Waals surface area contributed by atoms with Crippen molar-refractivity contribution in [2.24, 2.45) is 0 Å². The van der Waals surface area contributed by atoms with Crippen LogP contribution in [0.5, 0.6) is 11.5 Å². The van der Waals surface area contributed by atoms with Gasteiger partial charge in [0.1, 0.15) is 4.90 Å². The number of aromatic amines is 1. The van der Waals surface area contributed by atoms with Crippen molar-refractivity contribution in [3.05, 3.63) is 63.8 Å². The predicted molar refractivity (Wildman–Crippen MR) is 138 cm³/mol. The van der Waals surface area contributed by atoms with Gasteiger partial charge in [0, 0.05) is 46.2 Å². The highest BCUT2D eigenvalue weighted by Crippen LogP contribution is 2.43. The molecule has 4 aromatic rings. The Morgan fingerprint density at radius 1 is 1.11 bits per heavy atom. The maximum Gasteiger partial charge on any atom is 0.340 e. The van der Waals surface area contributed by atoms with Gasteiger partial charge in [-0.3, -0.25) is 9.69 Å². The Kier molecular flexibility index (Phi) is 5.74. The summed E-state index contributed by atoms with van der Waals surface area (Å²) >= 11 is 1.26. The lowest BCUT2D eigenvalue weighted by molar-refractivity contribution is 0.0966. The lowest BCUT2D eigenvalue weighted by Gasteiger charge is -2.16. The molecule has 4 heterocycles. The van der Waals surface area contributed by atoms with Crippen LogP contribution in [0.4, 0.5) is 0 Å². The van der Waals surface area contributed by atoms with E-state index < -0.39 is 10.1 Å². The Morgan fingerprint density at radius 3 is 2.69 bits per heavy atom. The van der Waals surface area contributed by atoms with E-state index in [4.69, 9.17) is 8.92 Å². The number of amides is 1. The molecule has 0 saturated carbocycles. The van der Waals surface area contributed by atoms with Crippen molar-refractivity contribution < 1.29 is 22.1 Å². The number of carbonyl (C=O) groups is 1. The van der Waals surface area contributed by atoms with Crippen LogP contribution in [-0.2, 0) is 23.2 Å². The monoisotopic (exact) mass is 523 g/mol. The third-order valence-corrected chi connectivity index (χ3v) is 8.82. The first kappa shape index (κ1) is 23.1. The first-order chi connectivity index (χ1) is 17.4. The van der Waals surface area contributed by atoms with Crippen LogP contribution in [0.15, 0.2) is 52.1 Å². The second-order valence-electron chi connectivity index (χ2n) is 9.08. The molecule has 1 saturated heterocycles. The zero-order valence-corrected chi connectivity index (χ0v) is 21.3. The molecule has 2 N–H and O–H groups in total. The number of likely N-dealkylation sites (tertiary alicyclic amines) is 1. The van der Waals surface area contributed by atoms with Crippen molar-refractivity contribution in [3.8, 4) is 22.8 Å². The zero-order chi connectivity index (χ0) is 24.9. The average molecular weight is 524 g/mol. The summed E-state index contributed by atoms with van der Waals surface area (Å²) in [5.41, 5.74) is 4.44. The van der Waals surface area contributed by atoms with Gasteiger partial charge in [0.05, 0.1) is 12.7 Å². The van der Waals surface area contributed by atoms with E-state index >= 15 is 0 Å². The van der Waals surface area contributed by atoms with E-state index in [1.165, 1.54) is 48.3 Å². The number of aromatic nitrogens is 1. The predicted octanol–water partition coefficient (Wildman–Crippen LogP) is 4.51. The molecule has 2 aromatic carbocycles. The lowest BCUT2D eigenvalue weighted by atomic mass is 9.98. The molecule has 0 aliphatic carbocycles. The molecule has 36 heavy (non-hydrogen) atoms. The molecule has 2 aliphatic heterocycles. The van der Waals surface area contributed by atoms with E-state index in [-0.39, 0.29) is 28.8 Å². The molecule has 10 heteroatoms. The van der Waals surface area contributed by atoms with Crippen molar-refractivity contribution >= 4 is 38.3 Å². The highest BCUT2D eigenvalue weighted by molar-refractivity contribution is 7.87. The van der Waals surface area contributed by atoms with Crippen LogP contribution in [0.2, 0.25) is 0 Å². The number of H-pyrrole nitrogens is 1. The summed E-state index contributed by atoms with van der Waals surface area (Å²) in [7, 11) is -2.62. The molecule has 0 bridgehead atoms. The molecular weight excluding hydrogens is 498 g/mol. The second kappa shape index (κ2) is 8.95. The minimum atomic E-state index is -4.07. The maximum atomic E-state index is 12.9. The first-order valence-electron chi connectivity index (χ1n) is 11.8.